The van der Waals surface area contributed by atoms with Gasteiger partial charge in [-0.1, -0.05) is 43.7 Å². The summed E-state index contributed by atoms with van der Waals surface area (Å²) in [7, 11) is 1.87. The number of rotatable bonds is 6. The van der Waals surface area contributed by atoms with E-state index in [4.69, 9.17) is 0 Å². The van der Waals surface area contributed by atoms with E-state index in [1.165, 1.54) is 0 Å². The van der Waals surface area contributed by atoms with Crippen molar-refractivity contribution in [3.05, 3.63) is 35.9 Å². The smallest absolute Gasteiger partial charge is 0.235 e. The lowest BCUT2D eigenvalue weighted by Crippen LogP contribution is -2.40. The highest BCUT2D eigenvalue weighted by Crippen LogP contribution is 2.13. The van der Waals surface area contributed by atoms with E-state index in [1.54, 1.807) is 0 Å². The summed E-state index contributed by atoms with van der Waals surface area (Å²) in [4.78, 5) is 14.0. The molecule has 0 aromatic heterocycles. The van der Waals surface area contributed by atoms with Crippen molar-refractivity contribution in [2.75, 3.05) is 7.05 Å². The van der Waals surface area contributed by atoms with Crippen LogP contribution in [0.3, 0.4) is 0 Å². The fourth-order valence-electron chi connectivity index (χ4n) is 1.99. The lowest BCUT2D eigenvalue weighted by atomic mass is 10.1. The molecule has 0 bridgehead atoms. The largest absolute Gasteiger partial charge is 0.342 e. The fraction of sp³-hybridized carbons (Fsp3) is 0.533. The standard InChI is InChI=1S/C15H23NOS/c1-4-8-12(2)16(3)15(17)14(18)11-13-9-6-5-7-10-13/h5-7,9-10,12,14,18H,4,8,11H2,1-3H3. The van der Waals surface area contributed by atoms with Gasteiger partial charge in [-0.15, -0.1) is 0 Å². The number of thiol groups is 1. The number of nitrogens with zero attached hydrogens (tertiary/aromatic N) is 1. The predicted molar refractivity (Wildman–Crippen MR) is 80.1 cm³/mol. The Kier molecular flexibility index (Phi) is 6.27. The third-order valence-corrected chi connectivity index (χ3v) is 3.68. The Hall–Kier alpha value is -0.960. The lowest BCUT2D eigenvalue weighted by molar-refractivity contribution is -0.131. The minimum absolute atomic E-state index is 0.114. The summed E-state index contributed by atoms with van der Waals surface area (Å²) in [5, 5.41) is -0.253. The Morgan fingerprint density at radius 1 is 1.33 bits per heavy atom. The van der Waals surface area contributed by atoms with Crippen LogP contribution in [-0.2, 0) is 11.2 Å². The van der Waals surface area contributed by atoms with Gasteiger partial charge in [0, 0.05) is 13.1 Å². The number of amides is 1. The van der Waals surface area contributed by atoms with E-state index >= 15 is 0 Å². The van der Waals surface area contributed by atoms with Gasteiger partial charge in [-0.3, -0.25) is 4.79 Å². The molecule has 100 valence electrons. The Balaban J connectivity index is 2.56. The summed E-state index contributed by atoms with van der Waals surface area (Å²) in [5.41, 5.74) is 1.15. The van der Waals surface area contributed by atoms with E-state index < -0.39 is 0 Å². The van der Waals surface area contributed by atoms with E-state index in [0.717, 1.165) is 18.4 Å². The molecule has 2 atom stereocenters. The summed E-state index contributed by atoms with van der Waals surface area (Å²) < 4.78 is 0. The fourth-order valence-corrected chi connectivity index (χ4v) is 2.38. The number of carbonyl (C=O) groups excluding carboxylic acids is 1. The highest BCUT2D eigenvalue weighted by atomic mass is 32.1. The van der Waals surface area contributed by atoms with Crippen molar-refractivity contribution in [1.29, 1.82) is 0 Å². The first-order valence-electron chi connectivity index (χ1n) is 6.55. The average molecular weight is 265 g/mol. The Labute approximate surface area is 116 Å². The van der Waals surface area contributed by atoms with E-state index in [0.29, 0.717) is 6.42 Å². The number of carbonyl (C=O) groups is 1. The van der Waals surface area contributed by atoms with Crippen molar-refractivity contribution in [3.8, 4) is 0 Å². The SMILES string of the molecule is CCCC(C)N(C)C(=O)C(S)Cc1ccccc1. The normalized spacial score (nSPS) is 14.0. The maximum Gasteiger partial charge on any atom is 0.235 e. The quantitative estimate of drug-likeness (QED) is 0.783. The molecule has 0 heterocycles. The molecule has 3 heteroatoms. The molecule has 0 saturated heterocycles. The summed E-state index contributed by atoms with van der Waals surface area (Å²) in [6, 6.07) is 10.3. The van der Waals surface area contributed by atoms with Crippen LogP contribution in [0.4, 0.5) is 0 Å². The zero-order chi connectivity index (χ0) is 13.5. The zero-order valence-electron chi connectivity index (χ0n) is 11.5. The van der Waals surface area contributed by atoms with Gasteiger partial charge >= 0.3 is 0 Å². The molecule has 1 amide bonds. The van der Waals surface area contributed by atoms with Crippen LogP contribution in [0, 0.1) is 0 Å². The van der Waals surface area contributed by atoms with Crippen molar-refractivity contribution in [1.82, 2.24) is 4.90 Å². The molecule has 0 fully saturated rings. The molecule has 0 aliphatic carbocycles. The second-order valence-electron chi connectivity index (χ2n) is 4.79. The maximum atomic E-state index is 12.2. The molecule has 1 aromatic carbocycles. The maximum absolute atomic E-state index is 12.2. The molecule has 1 rings (SSSR count). The molecular formula is C15H23NOS. The molecule has 0 saturated carbocycles. The number of hydrogen-bond acceptors (Lipinski definition) is 2. The van der Waals surface area contributed by atoms with Crippen LogP contribution in [0.2, 0.25) is 0 Å². The molecule has 0 aliphatic heterocycles. The van der Waals surface area contributed by atoms with Gasteiger partial charge in [-0.2, -0.15) is 12.6 Å². The van der Waals surface area contributed by atoms with E-state index in [2.05, 4.69) is 26.5 Å². The molecule has 0 N–H and O–H groups in total. The van der Waals surface area contributed by atoms with Gasteiger partial charge in [-0.25, -0.2) is 0 Å². The zero-order valence-corrected chi connectivity index (χ0v) is 12.4. The van der Waals surface area contributed by atoms with Gasteiger partial charge in [0.2, 0.25) is 5.91 Å². The van der Waals surface area contributed by atoms with Crippen LogP contribution in [0.1, 0.15) is 32.3 Å². The minimum atomic E-state index is -0.253. The van der Waals surface area contributed by atoms with Gasteiger partial charge in [0.05, 0.1) is 5.25 Å². The molecule has 1 aromatic rings. The van der Waals surface area contributed by atoms with Crippen LogP contribution in [0.5, 0.6) is 0 Å². The molecule has 0 aliphatic rings. The van der Waals surface area contributed by atoms with Gasteiger partial charge in [0.15, 0.2) is 0 Å². The number of benzene rings is 1. The third-order valence-electron chi connectivity index (χ3n) is 3.27. The molecule has 0 radical (unpaired) electrons. The van der Waals surface area contributed by atoms with Crippen molar-refractivity contribution in [2.24, 2.45) is 0 Å². The third kappa shape index (κ3) is 4.37. The highest BCUT2D eigenvalue weighted by Gasteiger charge is 2.21. The van der Waals surface area contributed by atoms with Crippen LogP contribution >= 0.6 is 12.6 Å². The van der Waals surface area contributed by atoms with Crippen LogP contribution in [-0.4, -0.2) is 29.1 Å². The van der Waals surface area contributed by atoms with Gasteiger partial charge in [0.25, 0.3) is 0 Å². The Morgan fingerprint density at radius 3 is 2.50 bits per heavy atom. The second kappa shape index (κ2) is 7.47. The first kappa shape index (κ1) is 15.1. The Bertz CT molecular complexity index is 366. The van der Waals surface area contributed by atoms with E-state index in [9.17, 15) is 4.79 Å². The summed E-state index contributed by atoms with van der Waals surface area (Å²) in [6.45, 7) is 4.22. The summed E-state index contributed by atoms with van der Waals surface area (Å²) in [6.07, 6.45) is 2.81. The van der Waals surface area contributed by atoms with Crippen LogP contribution in [0.15, 0.2) is 30.3 Å². The minimum Gasteiger partial charge on any atom is -0.342 e. The second-order valence-corrected chi connectivity index (χ2v) is 5.42. The first-order chi connectivity index (χ1) is 8.56. The molecular weight excluding hydrogens is 242 g/mol. The topological polar surface area (TPSA) is 20.3 Å². The van der Waals surface area contributed by atoms with E-state index in [-0.39, 0.29) is 17.2 Å². The van der Waals surface area contributed by atoms with Crippen LogP contribution in [0.25, 0.3) is 0 Å². The number of hydrogen-bond donors (Lipinski definition) is 1. The van der Waals surface area contributed by atoms with Crippen molar-refractivity contribution in [2.45, 2.75) is 44.4 Å². The van der Waals surface area contributed by atoms with Crippen molar-refractivity contribution >= 4 is 18.5 Å². The summed E-state index contributed by atoms with van der Waals surface area (Å²) >= 11 is 4.45. The summed E-state index contributed by atoms with van der Waals surface area (Å²) in [5.74, 6) is 0.114. The highest BCUT2D eigenvalue weighted by molar-refractivity contribution is 7.81. The van der Waals surface area contributed by atoms with Crippen molar-refractivity contribution < 1.29 is 4.79 Å². The van der Waals surface area contributed by atoms with Gasteiger partial charge < -0.3 is 4.90 Å². The predicted octanol–water partition coefficient (Wildman–Crippen LogP) is 3.17. The monoisotopic (exact) mass is 265 g/mol. The van der Waals surface area contributed by atoms with Gasteiger partial charge in [0.1, 0.15) is 0 Å². The molecule has 2 unspecified atom stereocenters. The molecule has 2 nitrogen and oxygen atoms in total. The lowest BCUT2D eigenvalue weighted by Gasteiger charge is -2.27. The van der Waals surface area contributed by atoms with E-state index in [1.807, 2.05) is 42.3 Å². The molecule has 18 heavy (non-hydrogen) atoms. The van der Waals surface area contributed by atoms with Crippen molar-refractivity contribution in [3.63, 3.8) is 0 Å². The first-order valence-corrected chi connectivity index (χ1v) is 7.06. The van der Waals surface area contributed by atoms with Crippen LogP contribution < -0.4 is 0 Å². The van der Waals surface area contributed by atoms with Gasteiger partial charge in [-0.05, 0) is 25.3 Å². The molecule has 0 spiro atoms. The Morgan fingerprint density at radius 2 is 1.94 bits per heavy atom. The average Bonchev–Trinajstić information content (AvgIpc) is 2.38.